The monoisotopic (exact) mass is 416 g/mol. The smallest absolute Gasteiger partial charge is 0.294 e. The summed E-state index contributed by atoms with van der Waals surface area (Å²) in [6.45, 7) is 1.07. The Bertz CT molecular complexity index is 1180. The number of anilines is 2. The number of aryl methyl sites for hydroxylation is 1. The van der Waals surface area contributed by atoms with Crippen molar-refractivity contribution >= 4 is 38.0 Å². The Kier molecular flexibility index (Phi) is 4.99. The van der Waals surface area contributed by atoms with Crippen LogP contribution in [0.15, 0.2) is 53.6 Å². The Balaban J connectivity index is 1.68. The highest BCUT2D eigenvalue weighted by Gasteiger charge is 2.29. The van der Waals surface area contributed by atoms with Crippen LogP contribution in [0.5, 0.6) is 0 Å². The molecule has 0 bridgehead atoms. The van der Waals surface area contributed by atoms with E-state index in [1.165, 1.54) is 16.4 Å². The first-order chi connectivity index (χ1) is 13.9. The van der Waals surface area contributed by atoms with Crippen LogP contribution < -0.4 is 5.32 Å². The van der Waals surface area contributed by atoms with Crippen LogP contribution in [0, 0.1) is 10.1 Å². The molecule has 0 saturated carbocycles. The largest absolute Gasteiger partial charge is 0.379 e. The highest BCUT2D eigenvalue weighted by Crippen LogP contribution is 2.32. The summed E-state index contributed by atoms with van der Waals surface area (Å²) in [5.41, 5.74) is 1.58. The molecular weight excluding hydrogens is 396 g/mol. The maximum absolute atomic E-state index is 12.8. The fraction of sp³-hybridized carbons (Fsp3) is 0.263. The molecule has 0 radical (unpaired) electrons. The van der Waals surface area contributed by atoms with E-state index in [4.69, 9.17) is 4.74 Å². The zero-order valence-corrected chi connectivity index (χ0v) is 16.6. The predicted molar refractivity (Wildman–Crippen MR) is 109 cm³/mol. The number of nitro groups is 1. The van der Waals surface area contributed by atoms with Gasteiger partial charge in [0.15, 0.2) is 0 Å². The quantitative estimate of drug-likeness (QED) is 0.506. The molecule has 0 aliphatic carbocycles. The molecule has 0 atom stereocenters. The summed E-state index contributed by atoms with van der Waals surface area (Å²) >= 11 is 0. The third kappa shape index (κ3) is 3.69. The molecule has 3 aromatic rings. The lowest BCUT2D eigenvalue weighted by molar-refractivity contribution is -0.384. The van der Waals surface area contributed by atoms with Gasteiger partial charge < -0.3 is 14.6 Å². The third-order valence-corrected chi connectivity index (χ3v) is 6.84. The molecule has 1 fully saturated rings. The number of fused-ring (bicyclic) bond motifs is 1. The second kappa shape index (κ2) is 7.47. The molecule has 0 amide bonds. The van der Waals surface area contributed by atoms with Crippen molar-refractivity contribution in [3.8, 4) is 0 Å². The second-order valence-corrected chi connectivity index (χ2v) is 8.72. The Hall–Kier alpha value is -2.95. The Labute approximate surface area is 167 Å². The molecule has 2 heterocycles. The summed E-state index contributed by atoms with van der Waals surface area (Å²) < 4.78 is 34.0. The van der Waals surface area contributed by atoms with Crippen molar-refractivity contribution in [3.63, 3.8) is 0 Å². The zero-order chi connectivity index (χ0) is 20.6. The molecule has 1 saturated heterocycles. The Morgan fingerprint density at radius 1 is 1.10 bits per heavy atom. The maximum Gasteiger partial charge on any atom is 0.294 e. The van der Waals surface area contributed by atoms with Crippen molar-refractivity contribution in [2.75, 3.05) is 31.6 Å². The van der Waals surface area contributed by atoms with Crippen LogP contribution in [-0.4, -0.2) is 48.5 Å². The van der Waals surface area contributed by atoms with Crippen molar-refractivity contribution in [1.29, 1.82) is 0 Å². The first-order valence-electron chi connectivity index (χ1n) is 9.05. The van der Waals surface area contributed by atoms with Crippen LogP contribution in [0.3, 0.4) is 0 Å². The lowest BCUT2D eigenvalue weighted by Crippen LogP contribution is -2.40. The van der Waals surface area contributed by atoms with Crippen LogP contribution in [0.1, 0.15) is 0 Å². The normalized spacial score (nSPS) is 15.5. The highest BCUT2D eigenvalue weighted by molar-refractivity contribution is 7.89. The van der Waals surface area contributed by atoms with Gasteiger partial charge in [-0.2, -0.15) is 4.31 Å². The number of rotatable bonds is 5. The summed E-state index contributed by atoms with van der Waals surface area (Å²) in [5.74, 6) is 0. The van der Waals surface area contributed by atoms with Gasteiger partial charge in [0.1, 0.15) is 5.69 Å². The molecule has 9 nitrogen and oxygen atoms in total. The summed E-state index contributed by atoms with van der Waals surface area (Å²) in [7, 11) is -1.90. The molecule has 29 heavy (non-hydrogen) atoms. The lowest BCUT2D eigenvalue weighted by Gasteiger charge is -2.26. The molecule has 152 valence electrons. The number of nitrogens with zero attached hydrogens (tertiary/aromatic N) is 3. The number of hydrogen-bond donors (Lipinski definition) is 1. The van der Waals surface area contributed by atoms with E-state index in [1.807, 2.05) is 42.1 Å². The summed E-state index contributed by atoms with van der Waals surface area (Å²) in [4.78, 5) is 10.9. The number of benzene rings is 2. The van der Waals surface area contributed by atoms with E-state index in [0.29, 0.717) is 18.9 Å². The third-order valence-electron chi connectivity index (χ3n) is 4.94. The number of nitro benzene ring substituents is 1. The van der Waals surface area contributed by atoms with Crippen LogP contribution in [0.4, 0.5) is 17.1 Å². The summed E-state index contributed by atoms with van der Waals surface area (Å²) in [6.07, 6.45) is 1.93. The van der Waals surface area contributed by atoms with E-state index in [1.54, 1.807) is 0 Å². The van der Waals surface area contributed by atoms with Gasteiger partial charge in [-0.1, -0.05) is 6.07 Å². The average Bonchev–Trinajstić information content (AvgIpc) is 3.09. The fourth-order valence-corrected chi connectivity index (χ4v) is 4.79. The molecule has 10 heteroatoms. The second-order valence-electron chi connectivity index (χ2n) is 6.78. The Morgan fingerprint density at radius 2 is 1.86 bits per heavy atom. The first-order valence-corrected chi connectivity index (χ1v) is 10.5. The van der Waals surface area contributed by atoms with Crippen LogP contribution in [0.25, 0.3) is 10.9 Å². The molecule has 0 unspecified atom stereocenters. The van der Waals surface area contributed by atoms with Crippen LogP contribution in [-0.2, 0) is 21.8 Å². The van der Waals surface area contributed by atoms with Gasteiger partial charge in [-0.25, -0.2) is 8.42 Å². The molecule has 4 rings (SSSR count). The minimum absolute atomic E-state index is 0.102. The predicted octanol–water partition coefficient (Wildman–Crippen LogP) is 2.85. The van der Waals surface area contributed by atoms with E-state index < -0.39 is 14.9 Å². The molecule has 1 N–H and O–H groups in total. The van der Waals surface area contributed by atoms with Crippen molar-refractivity contribution in [2.24, 2.45) is 7.05 Å². The van der Waals surface area contributed by atoms with Gasteiger partial charge in [0, 0.05) is 43.6 Å². The van der Waals surface area contributed by atoms with Crippen LogP contribution in [0.2, 0.25) is 0 Å². The number of aromatic nitrogens is 1. The minimum atomic E-state index is -3.82. The van der Waals surface area contributed by atoms with Gasteiger partial charge >= 0.3 is 0 Å². The number of morpholine rings is 1. The standard InChI is InChI=1S/C19H20N4O5S/c1-21-7-6-14-2-3-15(12-18(14)21)20-17-5-4-16(13-19(17)23(24)25)29(26,27)22-8-10-28-11-9-22/h2-7,12-13,20H,8-11H2,1H3. The van der Waals surface area contributed by atoms with Gasteiger partial charge in [-0.3, -0.25) is 10.1 Å². The molecular formula is C19H20N4O5S. The lowest BCUT2D eigenvalue weighted by atomic mass is 10.2. The minimum Gasteiger partial charge on any atom is -0.379 e. The van der Waals surface area contributed by atoms with Crippen LogP contribution >= 0.6 is 0 Å². The van der Waals surface area contributed by atoms with Gasteiger partial charge in [0.2, 0.25) is 10.0 Å². The average molecular weight is 416 g/mol. The Morgan fingerprint density at radius 3 is 2.59 bits per heavy atom. The summed E-state index contributed by atoms with van der Waals surface area (Å²) in [5, 5.41) is 15.7. The van der Waals surface area contributed by atoms with Gasteiger partial charge in [0.05, 0.1) is 23.0 Å². The van der Waals surface area contributed by atoms with E-state index in [9.17, 15) is 18.5 Å². The van der Waals surface area contributed by atoms with E-state index in [0.717, 1.165) is 17.0 Å². The molecule has 2 aromatic carbocycles. The SMILES string of the molecule is Cn1ccc2ccc(Nc3ccc(S(=O)(=O)N4CCOCC4)cc3[N+](=O)[O-])cc21. The van der Waals surface area contributed by atoms with E-state index >= 15 is 0 Å². The number of hydrogen-bond acceptors (Lipinski definition) is 6. The number of sulfonamides is 1. The maximum atomic E-state index is 12.8. The van der Waals surface area contributed by atoms with E-state index in [-0.39, 0.29) is 29.4 Å². The molecule has 1 aliphatic rings. The van der Waals surface area contributed by atoms with Crippen molar-refractivity contribution in [3.05, 3.63) is 58.8 Å². The number of ether oxygens (including phenoxy) is 1. The molecule has 1 aliphatic heterocycles. The zero-order valence-electron chi connectivity index (χ0n) is 15.7. The molecule has 1 aromatic heterocycles. The summed E-state index contributed by atoms with van der Waals surface area (Å²) in [6, 6.07) is 11.5. The van der Waals surface area contributed by atoms with Crippen molar-refractivity contribution < 1.29 is 18.1 Å². The fourth-order valence-electron chi connectivity index (χ4n) is 3.36. The van der Waals surface area contributed by atoms with Crippen molar-refractivity contribution in [1.82, 2.24) is 8.87 Å². The first kappa shape index (κ1) is 19.4. The highest BCUT2D eigenvalue weighted by atomic mass is 32.2. The topological polar surface area (TPSA) is 107 Å². The van der Waals surface area contributed by atoms with E-state index in [2.05, 4.69) is 5.32 Å². The van der Waals surface area contributed by atoms with Crippen molar-refractivity contribution in [2.45, 2.75) is 4.90 Å². The van der Waals surface area contributed by atoms with Gasteiger partial charge in [-0.05, 0) is 35.7 Å². The van der Waals surface area contributed by atoms with Gasteiger partial charge in [0.25, 0.3) is 5.69 Å². The number of nitrogens with one attached hydrogen (secondary N) is 1. The molecule has 0 spiro atoms. The van der Waals surface area contributed by atoms with Gasteiger partial charge in [-0.15, -0.1) is 0 Å².